The first kappa shape index (κ1) is 22.2. The summed E-state index contributed by atoms with van der Waals surface area (Å²) in [5, 5.41) is 1.01. The van der Waals surface area contributed by atoms with Crippen LogP contribution in [0.25, 0.3) is 10.9 Å². The first-order valence-corrected chi connectivity index (χ1v) is 10.9. The monoisotopic (exact) mass is 437 g/mol. The number of nitrogens with one attached hydrogen (secondary N) is 1. The quantitative estimate of drug-likeness (QED) is 0.544. The van der Waals surface area contributed by atoms with Crippen LogP contribution in [0.4, 0.5) is 0 Å². The topological polar surface area (TPSA) is 67.0 Å². The molecule has 0 bridgehead atoms. The maximum absolute atomic E-state index is 13.1. The molecule has 2 heterocycles. The van der Waals surface area contributed by atoms with Crippen LogP contribution in [-0.2, 0) is 6.54 Å². The number of aromatic nitrogens is 1. The summed E-state index contributed by atoms with van der Waals surface area (Å²) < 4.78 is 16.5. The molecule has 1 aromatic heterocycles. The maximum atomic E-state index is 13.1. The number of benzene rings is 2. The molecule has 2 aromatic carbocycles. The van der Waals surface area contributed by atoms with Crippen molar-refractivity contribution in [3.8, 4) is 17.2 Å². The number of hydrogen-bond donors (Lipinski definition) is 1. The molecule has 0 aliphatic carbocycles. The van der Waals surface area contributed by atoms with Crippen LogP contribution in [0.5, 0.6) is 17.2 Å². The van der Waals surface area contributed by atoms with Crippen LogP contribution in [0.15, 0.2) is 36.4 Å². The van der Waals surface area contributed by atoms with Gasteiger partial charge in [0.15, 0.2) is 17.3 Å². The zero-order chi connectivity index (χ0) is 22.7. The van der Waals surface area contributed by atoms with Gasteiger partial charge in [0.05, 0.1) is 27.9 Å². The summed E-state index contributed by atoms with van der Waals surface area (Å²) in [4.78, 5) is 21.0. The summed E-state index contributed by atoms with van der Waals surface area (Å²) in [6.07, 6.45) is 0. The second kappa shape index (κ2) is 9.63. The lowest BCUT2D eigenvalue weighted by molar-refractivity contribution is 0.0843. The van der Waals surface area contributed by atoms with E-state index in [-0.39, 0.29) is 5.78 Å². The van der Waals surface area contributed by atoms with Crippen LogP contribution >= 0.6 is 0 Å². The Morgan fingerprint density at radius 2 is 1.59 bits per heavy atom. The fourth-order valence-corrected chi connectivity index (χ4v) is 4.55. The summed E-state index contributed by atoms with van der Waals surface area (Å²) in [6, 6.07) is 11.9. The molecule has 0 radical (unpaired) electrons. The lowest BCUT2D eigenvalue weighted by Crippen LogP contribution is -2.47. The number of rotatable bonds is 8. The average molecular weight is 438 g/mol. The number of Topliss-reactive ketones (excluding diaryl/α,β-unsaturated/α-hetero) is 1. The van der Waals surface area contributed by atoms with E-state index in [2.05, 4.69) is 14.8 Å². The predicted molar refractivity (Wildman–Crippen MR) is 125 cm³/mol. The summed E-state index contributed by atoms with van der Waals surface area (Å²) >= 11 is 0. The Labute approximate surface area is 188 Å². The second-order valence-electron chi connectivity index (χ2n) is 8.14. The van der Waals surface area contributed by atoms with Gasteiger partial charge in [-0.1, -0.05) is 24.3 Å². The number of aryl methyl sites for hydroxylation is 1. The molecule has 0 spiro atoms. The number of ketones is 1. The standard InChI is InChI=1S/C25H31N3O4/c1-17-23(19-7-5-6-8-20(19)26-17)21(29)16-28-13-11-27(12-14-28)15-18-9-10-22(30-2)25(32-4)24(18)31-3/h5-10,26H,11-16H2,1-4H3. The number of carbonyl (C=O) groups is 1. The van der Waals surface area contributed by atoms with Crippen LogP contribution in [-0.4, -0.2) is 74.6 Å². The fraction of sp³-hybridized carbons (Fsp3) is 0.400. The molecular weight excluding hydrogens is 406 g/mol. The predicted octanol–water partition coefficient (Wildman–Crippen LogP) is 3.50. The van der Waals surface area contributed by atoms with Crippen molar-refractivity contribution in [3.63, 3.8) is 0 Å². The van der Waals surface area contributed by atoms with Gasteiger partial charge in [-0.25, -0.2) is 0 Å². The highest BCUT2D eigenvalue weighted by molar-refractivity contribution is 6.10. The molecule has 4 rings (SSSR count). The minimum absolute atomic E-state index is 0.176. The highest BCUT2D eigenvalue weighted by Crippen LogP contribution is 2.40. The molecule has 1 aliphatic rings. The van der Waals surface area contributed by atoms with Gasteiger partial charge >= 0.3 is 0 Å². The Bertz CT molecular complexity index is 1100. The van der Waals surface area contributed by atoms with Crippen LogP contribution < -0.4 is 14.2 Å². The lowest BCUT2D eigenvalue weighted by atomic mass is 10.1. The van der Waals surface area contributed by atoms with E-state index >= 15 is 0 Å². The third-order valence-corrected chi connectivity index (χ3v) is 6.18. The SMILES string of the molecule is COc1ccc(CN2CCN(CC(=O)c3c(C)[nH]c4ccccc34)CC2)c(OC)c1OC. The number of piperazine rings is 1. The first-order chi connectivity index (χ1) is 15.5. The summed E-state index contributed by atoms with van der Waals surface area (Å²) in [5.74, 6) is 2.16. The number of H-pyrrole nitrogens is 1. The third-order valence-electron chi connectivity index (χ3n) is 6.18. The van der Waals surface area contributed by atoms with Gasteiger partial charge in [-0.05, 0) is 19.1 Å². The van der Waals surface area contributed by atoms with E-state index in [0.29, 0.717) is 23.8 Å². The van der Waals surface area contributed by atoms with E-state index in [0.717, 1.165) is 60.4 Å². The minimum atomic E-state index is 0.176. The molecule has 0 amide bonds. The first-order valence-electron chi connectivity index (χ1n) is 10.9. The highest BCUT2D eigenvalue weighted by atomic mass is 16.5. The number of aromatic amines is 1. The number of methoxy groups -OCH3 is 3. The number of carbonyl (C=O) groups excluding carboxylic acids is 1. The molecule has 3 aromatic rings. The lowest BCUT2D eigenvalue weighted by Gasteiger charge is -2.34. The van der Waals surface area contributed by atoms with Crippen molar-refractivity contribution in [2.24, 2.45) is 0 Å². The van der Waals surface area contributed by atoms with Crippen molar-refractivity contribution in [1.29, 1.82) is 0 Å². The van der Waals surface area contributed by atoms with Crippen molar-refractivity contribution in [1.82, 2.24) is 14.8 Å². The van der Waals surface area contributed by atoms with E-state index in [1.807, 2.05) is 43.3 Å². The molecule has 1 saturated heterocycles. The molecule has 7 heteroatoms. The van der Waals surface area contributed by atoms with Gasteiger partial charge in [0.25, 0.3) is 0 Å². The molecule has 170 valence electrons. The molecular formula is C25H31N3O4. The number of nitrogens with zero attached hydrogens (tertiary/aromatic N) is 2. The Hall–Kier alpha value is -3.03. The van der Waals surface area contributed by atoms with E-state index in [9.17, 15) is 4.79 Å². The molecule has 32 heavy (non-hydrogen) atoms. The van der Waals surface area contributed by atoms with Crippen molar-refractivity contribution >= 4 is 16.7 Å². The van der Waals surface area contributed by atoms with Crippen molar-refractivity contribution < 1.29 is 19.0 Å². The molecule has 0 atom stereocenters. The van der Waals surface area contributed by atoms with E-state index in [4.69, 9.17) is 14.2 Å². The van der Waals surface area contributed by atoms with Gasteiger partial charge in [0.1, 0.15) is 0 Å². The molecule has 7 nitrogen and oxygen atoms in total. The van der Waals surface area contributed by atoms with Gasteiger partial charge in [-0.2, -0.15) is 0 Å². The minimum Gasteiger partial charge on any atom is -0.493 e. The molecule has 0 unspecified atom stereocenters. The normalized spacial score (nSPS) is 15.1. The van der Waals surface area contributed by atoms with Gasteiger partial charge in [-0.3, -0.25) is 14.6 Å². The number of fused-ring (bicyclic) bond motifs is 1. The maximum Gasteiger partial charge on any atom is 0.203 e. The number of hydrogen-bond acceptors (Lipinski definition) is 6. The Morgan fingerprint density at radius 3 is 2.28 bits per heavy atom. The summed E-state index contributed by atoms with van der Waals surface area (Å²) in [7, 11) is 4.89. The Morgan fingerprint density at radius 1 is 0.906 bits per heavy atom. The van der Waals surface area contributed by atoms with Gasteiger partial charge in [-0.15, -0.1) is 0 Å². The fourth-order valence-electron chi connectivity index (χ4n) is 4.55. The van der Waals surface area contributed by atoms with Gasteiger partial charge in [0.2, 0.25) is 5.75 Å². The smallest absolute Gasteiger partial charge is 0.203 e. The van der Waals surface area contributed by atoms with Crippen LogP contribution in [0.3, 0.4) is 0 Å². The number of para-hydroxylation sites is 1. The van der Waals surface area contributed by atoms with Crippen LogP contribution in [0.2, 0.25) is 0 Å². The van der Waals surface area contributed by atoms with E-state index in [1.165, 1.54) is 0 Å². The van der Waals surface area contributed by atoms with E-state index in [1.54, 1.807) is 21.3 Å². The zero-order valence-corrected chi connectivity index (χ0v) is 19.2. The third kappa shape index (κ3) is 4.31. The van der Waals surface area contributed by atoms with Crippen molar-refractivity contribution in [2.45, 2.75) is 13.5 Å². The Balaban J connectivity index is 1.39. The van der Waals surface area contributed by atoms with Crippen LogP contribution in [0.1, 0.15) is 21.6 Å². The largest absolute Gasteiger partial charge is 0.493 e. The molecule has 1 fully saturated rings. The zero-order valence-electron chi connectivity index (χ0n) is 19.2. The molecule has 1 aliphatic heterocycles. The molecule has 0 saturated carbocycles. The van der Waals surface area contributed by atoms with Crippen molar-refractivity contribution in [3.05, 3.63) is 53.2 Å². The van der Waals surface area contributed by atoms with Crippen LogP contribution in [0, 0.1) is 6.92 Å². The van der Waals surface area contributed by atoms with Gasteiger partial charge < -0.3 is 19.2 Å². The van der Waals surface area contributed by atoms with E-state index < -0.39 is 0 Å². The average Bonchev–Trinajstić information content (AvgIpc) is 3.15. The summed E-state index contributed by atoms with van der Waals surface area (Å²) in [6.45, 7) is 6.64. The highest BCUT2D eigenvalue weighted by Gasteiger charge is 2.24. The Kier molecular flexibility index (Phi) is 6.67. The van der Waals surface area contributed by atoms with Crippen molar-refractivity contribution in [2.75, 3.05) is 54.1 Å². The summed E-state index contributed by atoms with van der Waals surface area (Å²) in [5.41, 5.74) is 3.83. The molecule has 1 N–H and O–H groups in total. The second-order valence-corrected chi connectivity index (χ2v) is 8.14. The number of ether oxygens (including phenoxy) is 3. The van der Waals surface area contributed by atoms with Gasteiger partial charge in [0, 0.05) is 60.4 Å².